The maximum absolute atomic E-state index is 12.0. The van der Waals surface area contributed by atoms with Crippen molar-refractivity contribution in [3.8, 4) is 0 Å². The Labute approximate surface area is 156 Å². The fourth-order valence-corrected chi connectivity index (χ4v) is 2.28. The van der Waals surface area contributed by atoms with Crippen LogP contribution in [0.3, 0.4) is 0 Å². The molecule has 0 radical (unpaired) electrons. The summed E-state index contributed by atoms with van der Waals surface area (Å²) in [6, 6.07) is 13.0. The molecule has 0 aromatic heterocycles. The van der Waals surface area contributed by atoms with E-state index in [0.29, 0.717) is 21.8 Å². The van der Waals surface area contributed by atoms with Crippen molar-refractivity contribution >= 4 is 35.1 Å². The minimum atomic E-state index is -0.446. The summed E-state index contributed by atoms with van der Waals surface area (Å²) in [5.41, 5.74) is 1.32. The SMILES string of the molecule is CCOC(=O)c1cccc(NC(=O)CCNC(=O)c2ccc(Cl)cc2)c1. The molecule has 0 bridgehead atoms. The minimum absolute atomic E-state index is 0.100. The third-order valence-electron chi connectivity index (χ3n) is 3.40. The summed E-state index contributed by atoms with van der Waals surface area (Å²) in [6.07, 6.45) is 0.100. The van der Waals surface area contributed by atoms with E-state index in [4.69, 9.17) is 16.3 Å². The number of anilines is 1. The van der Waals surface area contributed by atoms with Crippen molar-refractivity contribution in [1.82, 2.24) is 5.32 Å². The first kappa shape index (κ1) is 19.5. The molecular formula is C19H19ClN2O4. The average Bonchev–Trinajstić information content (AvgIpc) is 2.62. The fraction of sp³-hybridized carbons (Fsp3) is 0.211. The zero-order valence-corrected chi connectivity index (χ0v) is 15.0. The molecule has 6 nitrogen and oxygen atoms in total. The number of hydrogen-bond donors (Lipinski definition) is 2. The van der Waals surface area contributed by atoms with Crippen LogP contribution in [0.5, 0.6) is 0 Å². The molecule has 136 valence electrons. The highest BCUT2D eigenvalue weighted by molar-refractivity contribution is 6.30. The lowest BCUT2D eigenvalue weighted by Crippen LogP contribution is -2.27. The molecule has 0 aliphatic rings. The first-order valence-corrected chi connectivity index (χ1v) is 8.48. The van der Waals surface area contributed by atoms with E-state index in [1.54, 1.807) is 55.5 Å². The van der Waals surface area contributed by atoms with Gasteiger partial charge >= 0.3 is 5.97 Å². The first-order chi connectivity index (χ1) is 12.5. The Morgan fingerprint density at radius 3 is 2.46 bits per heavy atom. The van der Waals surface area contributed by atoms with Gasteiger partial charge < -0.3 is 15.4 Å². The van der Waals surface area contributed by atoms with E-state index in [-0.39, 0.29) is 31.4 Å². The number of nitrogens with one attached hydrogen (secondary N) is 2. The number of ether oxygens (including phenoxy) is 1. The van der Waals surface area contributed by atoms with Crippen molar-refractivity contribution in [2.75, 3.05) is 18.5 Å². The number of rotatable bonds is 7. The Balaban J connectivity index is 1.81. The van der Waals surface area contributed by atoms with E-state index in [2.05, 4.69) is 10.6 Å². The van der Waals surface area contributed by atoms with Crippen molar-refractivity contribution in [2.24, 2.45) is 0 Å². The molecule has 26 heavy (non-hydrogen) atoms. The number of hydrogen-bond acceptors (Lipinski definition) is 4. The lowest BCUT2D eigenvalue weighted by molar-refractivity contribution is -0.116. The van der Waals surface area contributed by atoms with Gasteiger partial charge in [-0.05, 0) is 49.4 Å². The predicted octanol–water partition coefficient (Wildman–Crippen LogP) is 3.28. The Morgan fingerprint density at radius 2 is 1.77 bits per heavy atom. The van der Waals surface area contributed by atoms with Gasteiger partial charge in [0.25, 0.3) is 5.91 Å². The summed E-state index contributed by atoms with van der Waals surface area (Å²) in [7, 11) is 0. The van der Waals surface area contributed by atoms with E-state index in [0.717, 1.165) is 0 Å². The molecular weight excluding hydrogens is 356 g/mol. The topological polar surface area (TPSA) is 84.5 Å². The van der Waals surface area contributed by atoms with Crippen molar-refractivity contribution in [3.05, 3.63) is 64.7 Å². The minimum Gasteiger partial charge on any atom is -0.462 e. The van der Waals surface area contributed by atoms with Crippen molar-refractivity contribution in [1.29, 1.82) is 0 Å². The van der Waals surface area contributed by atoms with E-state index in [1.807, 2.05) is 0 Å². The molecule has 0 unspecified atom stereocenters. The quantitative estimate of drug-likeness (QED) is 0.728. The fourth-order valence-electron chi connectivity index (χ4n) is 2.15. The number of benzene rings is 2. The predicted molar refractivity (Wildman–Crippen MR) is 99.4 cm³/mol. The smallest absolute Gasteiger partial charge is 0.338 e. The van der Waals surface area contributed by atoms with Crippen LogP contribution in [0.1, 0.15) is 34.1 Å². The molecule has 2 amide bonds. The molecule has 2 rings (SSSR count). The molecule has 0 aliphatic heterocycles. The standard InChI is InChI=1S/C19H19ClN2O4/c1-2-26-19(25)14-4-3-5-16(12-14)22-17(23)10-11-21-18(24)13-6-8-15(20)9-7-13/h3-9,12H,2,10-11H2,1H3,(H,21,24)(H,22,23). The van der Waals surface area contributed by atoms with Gasteiger partial charge in [-0.25, -0.2) is 4.79 Å². The summed E-state index contributed by atoms with van der Waals surface area (Å²) in [5.74, 6) is -1.000. The van der Waals surface area contributed by atoms with Gasteiger partial charge in [0.05, 0.1) is 12.2 Å². The summed E-state index contributed by atoms with van der Waals surface area (Å²) in [5, 5.41) is 5.90. The van der Waals surface area contributed by atoms with Gasteiger partial charge in [0, 0.05) is 29.2 Å². The second-order valence-electron chi connectivity index (χ2n) is 5.36. The highest BCUT2D eigenvalue weighted by Gasteiger charge is 2.09. The molecule has 0 saturated carbocycles. The van der Waals surface area contributed by atoms with Crippen LogP contribution in [0.2, 0.25) is 5.02 Å². The van der Waals surface area contributed by atoms with Crippen LogP contribution in [-0.4, -0.2) is 30.9 Å². The zero-order chi connectivity index (χ0) is 18.9. The summed E-state index contributed by atoms with van der Waals surface area (Å²) < 4.78 is 4.92. The number of amides is 2. The summed E-state index contributed by atoms with van der Waals surface area (Å²) >= 11 is 5.77. The maximum Gasteiger partial charge on any atom is 0.338 e. The van der Waals surface area contributed by atoms with Crippen LogP contribution in [-0.2, 0) is 9.53 Å². The van der Waals surface area contributed by atoms with Crippen molar-refractivity contribution in [2.45, 2.75) is 13.3 Å². The average molecular weight is 375 g/mol. The monoisotopic (exact) mass is 374 g/mol. The van der Waals surface area contributed by atoms with Crippen molar-refractivity contribution in [3.63, 3.8) is 0 Å². The molecule has 7 heteroatoms. The molecule has 0 heterocycles. The number of esters is 1. The molecule has 0 atom stereocenters. The van der Waals surface area contributed by atoms with Gasteiger partial charge in [-0.2, -0.15) is 0 Å². The first-order valence-electron chi connectivity index (χ1n) is 8.10. The van der Waals surface area contributed by atoms with Crippen LogP contribution in [0.4, 0.5) is 5.69 Å². The molecule has 0 spiro atoms. The van der Waals surface area contributed by atoms with Crippen molar-refractivity contribution < 1.29 is 19.1 Å². The Morgan fingerprint density at radius 1 is 1.04 bits per heavy atom. The lowest BCUT2D eigenvalue weighted by atomic mass is 10.2. The van der Waals surface area contributed by atoms with Crippen LogP contribution >= 0.6 is 11.6 Å². The van der Waals surface area contributed by atoms with Gasteiger partial charge in [0.1, 0.15) is 0 Å². The third-order valence-corrected chi connectivity index (χ3v) is 3.65. The largest absolute Gasteiger partial charge is 0.462 e. The second kappa shape index (κ2) is 9.58. The van der Waals surface area contributed by atoms with E-state index in [1.165, 1.54) is 0 Å². The number of carbonyl (C=O) groups is 3. The molecule has 0 aliphatic carbocycles. The van der Waals surface area contributed by atoms with Gasteiger partial charge in [0.15, 0.2) is 0 Å². The number of halogens is 1. The Bertz CT molecular complexity index is 790. The molecule has 2 aromatic carbocycles. The van der Waals surface area contributed by atoms with E-state index in [9.17, 15) is 14.4 Å². The Hall–Kier alpha value is -2.86. The second-order valence-corrected chi connectivity index (χ2v) is 5.80. The van der Waals surface area contributed by atoms with Crippen LogP contribution in [0, 0.1) is 0 Å². The highest BCUT2D eigenvalue weighted by Crippen LogP contribution is 2.12. The molecule has 0 saturated heterocycles. The van der Waals surface area contributed by atoms with Gasteiger partial charge in [0.2, 0.25) is 5.91 Å². The summed E-state index contributed by atoms with van der Waals surface area (Å²) in [6.45, 7) is 2.19. The van der Waals surface area contributed by atoms with Crippen LogP contribution < -0.4 is 10.6 Å². The van der Waals surface area contributed by atoms with Crippen LogP contribution in [0.15, 0.2) is 48.5 Å². The Kier molecular flexibility index (Phi) is 7.17. The zero-order valence-electron chi connectivity index (χ0n) is 14.3. The molecule has 0 fully saturated rings. The van der Waals surface area contributed by atoms with Gasteiger partial charge in [-0.15, -0.1) is 0 Å². The van der Waals surface area contributed by atoms with Gasteiger partial charge in [-0.1, -0.05) is 17.7 Å². The molecule has 2 N–H and O–H groups in total. The normalized spacial score (nSPS) is 10.1. The molecule has 2 aromatic rings. The van der Waals surface area contributed by atoms with Gasteiger partial charge in [-0.3, -0.25) is 9.59 Å². The third kappa shape index (κ3) is 5.89. The number of carbonyl (C=O) groups excluding carboxylic acids is 3. The van der Waals surface area contributed by atoms with E-state index < -0.39 is 5.97 Å². The summed E-state index contributed by atoms with van der Waals surface area (Å²) in [4.78, 5) is 35.6. The lowest BCUT2D eigenvalue weighted by Gasteiger charge is -2.08. The maximum atomic E-state index is 12.0. The van der Waals surface area contributed by atoms with E-state index >= 15 is 0 Å². The highest BCUT2D eigenvalue weighted by atomic mass is 35.5. The van der Waals surface area contributed by atoms with Crippen LogP contribution in [0.25, 0.3) is 0 Å².